The van der Waals surface area contributed by atoms with E-state index in [9.17, 15) is 4.79 Å². The molecule has 0 aliphatic carbocycles. The summed E-state index contributed by atoms with van der Waals surface area (Å²) >= 11 is 0. The molecule has 1 aromatic rings. The molecule has 0 bridgehead atoms. The van der Waals surface area contributed by atoms with Gasteiger partial charge in [-0.1, -0.05) is 0 Å². The largest absolute Gasteiger partial charge is 0.481 e. The van der Waals surface area contributed by atoms with E-state index in [2.05, 4.69) is 26.4 Å². The van der Waals surface area contributed by atoms with E-state index in [1.165, 1.54) is 0 Å². The minimum Gasteiger partial charge on any atom is -0.481 e. The number of nitrogens with zero attached hydrogens (tertiary/aromatic N) is 2. The maximum Gasteiger partial charge on any atom is 0.307 e. The number of aromatic nitrogens is 2. The number of hydrogen-bond acceptors (Lipinski definition) is 6. The van der Waals surface area contributed by atoms with Crippen molar-refractivity contribution in [2.75, 3.05) is 0 Å². The topological polar surface area (TPSA) is 99.2 Å². The molecule has 7 heteroatoms. The highest BCUT2D eigenvalue weighted by Crippen LogP contribution is 2.13. The van der Waals surface area contributed by atoms with Gasteiger partial charge >= 0.3 is 5.97 Å². The van der Waals surface area contributed by atoms with Crippen molar-refractivity contribution in [1.29, 1.82) is 0 Å². The quantitative estimate of drug-likeness (QED) is 0.529. The molecule has 7 nitrogen and oxygen atoms in total. The summed E-state index contributed by atoms with van der Waals surface area (Å²) < 4.78 is 0. The molecule has 2 heterocycles. The number of hydrogen-bond donors (Lipinski definition) is 4. The molecular formula is C9H13N5O2. The van der Waals surface area contributed by atoms with Crippen LogP contribution in [0.2, 0.25) is 0 Å². The van der Waals surface area contributed by atoms with Gasteiger partial charge in [-0.15, -0.1) is 0 Å². The number of carbonyl (C=O) groups is 1. The number of carboxylic acid groups (broad SMARTS) is 1. The summed E-state index contributed by atoms with van der Waals surface area (Å²) in [5.41, 5.74) is 9.35. The van der Waals surface area contributed by atoms with Crippen LogP contribution in [-0.2, 0) is 11.2 Å². The fourth-order valence-electron chi connectivity index (χ4n) is 1.52. The standard InChI is InChI=1S/C9H13N5O2/c1-5-8(13-14-12-5)9-10-3-6(4-11-9)2-7(15)16/h3-5,8,12-14H,2H2,1H3,(H,15,16). The molecule has 1 saturated heterocycles. The van der Waals surface area contributed by atoms with Gasteiger partial charge < -0.3 is 5.11 Å². The molecular weight excluding hydrogens is 210 g/mol. The zero-order chi connectivity index (χ0) is 11.5. The molecule has 1 aliphatic rings. The van der Waals surface area contributed by atoms with Gasteiger partial charge in [0.25, 0.3) is 0 Å². The van der Waals surface area contributed by atoms with E-state index in [0.717, 1.165) is 0 Å². The second-order valence-corrected chi connectivity index (χ2v) is 3.70. The predicted molar refractivity (Wildman–Crippen MR) is 55.0 cm³/mol. The molecule has 0 amide bonds. The third kappa shape index (κ3) is 2.32. The van der Waals surface area contributed by atoms with E-state index in [0.29, 0.717) is 11.4 Å². The molecule has 1 aromatic heterocycles. The Balaban J connectivity index is 2.09. The average Bonchev–Trinajstić information content (AvgIpc) is 2.65. The van der Waals surface area contributed by atoms with Gasteiger partial charge in [-0.05, 0) is 12.5 Å². The zero-order valence-electron chi connectivity index (χ0n) is 8.77. The summed E-state index contributed by atoms with van der Waals surface area (Å²) in [6.07, 6.45) is 3.04. The molecule has 0 radical (unpaired) electrons. The SMILES string of the molecule is CC1NNNC1c1ncc(CC(=O)O)cn1. The third-order valence-corrected chi connectivity index (χ3v) is 2.39. The van der Waals surface area contributed by atoms with E-state index in [1.807, 2.05) is 6.92 Å². The monoisotopic (exact) mass is 223 g/mol. The van der Waals surface area contributed by atoms with Crippen LogP contribution in [0.1, 0.15) is 24.4 Å². The lowest BCUT2D eigenvalue weighted by atomic mass is 10.1. The first-order valence-corrected chi connectivity index (χ1v) is 4.95. The first-order chi connectivity index (χ1) is 7.66. The minimum atomic E-state index is -0.882. The van der Waals surface area contributed by atoms with Gasteiger partial charge in [-0.3, -0.25) is 4.79 Å². The van der Waals surface area contributed by atoms with Crippen molar-refractivity contribution in [2.45, 2.75) is 25.4 Å². The first-order valence-electron chi connectivity index (χ1n) is 4.95. The number of nitrogens with one attached hydrogen (secondary N) is 3. The molecule has 2 unspecified atom stereocenters. The summed E-state index contributed by atoms with van der Waals surface area (Å²) in [7, 11) is 0. The normalized spacial score (nSPS) is 24.6. The van der Waals surface area contributed by atoms with Crippen molar-refractivity contribution in [2.24, 2.45) is 0 Å². The van der Waals surface area contributed by atoms with E-state index in [4.69, 9.17) is 5.11 Å². The number of aliphatic carboxylic acids is 1. The van der Waals surface area contributed by atoms with Gasteiger partial charge in [0.2, 0.25) is 0 Å². The van der Waals surface area contributed by atoms with E-state index >= 15 is 0 Å². The van der Waals surface area contributed by atoms with Gasteiger partial charge in [0, 0.05) is 18.4 Å². The Labute approximate surface area is 92.2 Å². The fraction of sp³-hybridized carbons (Fsp3) is 0.444. The van der Waals surface area contributed by atoms with Gasteiger partial charge in [0.15, 0.2) is 0 Å². The number of carboxylic acids is 1. The summed E-state index contributed by atoms with van der Waals surface area (Å²) in [6, 6.07) is 0.157. The maximum absolute atomic E-state index is 10.5. The molecule has 16 heavy (non-hydrogen) atoms. The maximum atomic E-state index is 10.5. The molecule has 1 fully saturated rings. The lowest BCUT2D eigenvalue weighted by Gasteiger charge is -2.11. The van der Waals surface area contributed by atoms with Crippen molar-refractivity contribution in [1.82, 2.24) is 26.4 Å². The van der Waals surface area contributed by atoms with Crippen LogP contribution >= 0.6 is 0 Å². The molecule has 2 rings (SSSR count). The van der Waals surface area contributed by atoms with Crippen molar-refractivity contribution < 1.29 is 9.90 Å². The first kappa shape index (κ1) is 10.9. The Morgan fingerprint density at radius 2 is 2.12 bits per heavy atom. The Morgan fingerprint density at radius 3 is 2.62 bits per heavy atom. The Hall–Kier alpha value is -1.57. The van der Waals surface area contributed by atoms with Crippen LogP contribution in [0.3, 0.4) is 0 Å². The van der Waals surface area contributed by atoms with Gasteiger partial charge in [0.1, 0.15) is 5.82 Å². The Bertz CT molecular complexity index is 380. The average molecular weight is 223 g/mol. The molecule has 0 spiro atoms. The second-order valence-electron chi connectivity index (χ2n) is 3.70. The lowest BCUT2D eigenvalue weighted by Crippen LogP contribution is -2.32. The molecule has 4 N–H and O–H groups in total. The van der Waals surface area contributed by atoms with Crippen LogP contribution in [-0.4, -0.2) is 27.1 Å². The summed E-state index contributed by atoms with van der Waals surface area (Å²) in [4.78, 5) is 18.8. The third-order valence-electron chi connectivity index (χ3n) is 2.39. The summed E-state index contributed by atoms with van der Waals surface area (Å²) in [5.74, 6) is -0.244. The number of rotatable bonds is 3. The molecule has 0 saturated carbocycles. The van der Waals surface area contributed by atoms with Crippen molar-refractivity contribution in [3.05, 3.63) is 23.8 Å². The van der Waals surface area contributed by atoms with Crippen LogP contribution in [0.25, 0.3) is 0 Å². The highest BCUT2D eigenvalue weighted by Gasteiger charge is 2.26. The molecule has 0 aromatic carbocycles. The predicted octanol–water partition coefficient (Wildman–Crippen LogP) is -0.854. The van der Waals surface area contributed by atoms with Crippen molar-refractivity contribution in [3.63, 3.8) is 0 Å². The van der Waals surface area contributed by atoms with Gasteiger partial charge in [-0.25, -0.2) is 20.8 Å². The van der Waals surface area contributed by atoms with Crippen LogP contribution in [0.5, 0.6) is 0 Å². The highest BCUT2D eigenvalue weighted by molar-refractivity contribution is 5.69. The molecule has 2 atom stereocenters. The van der Waals surface area contributed by atoms with Gasteiger partial charge in [-0.2, -0.15) is 5.53 Å². The van der Waals surface area contributed by atoms with Crippen molar-refractivity contribution >= 4 is 5.97 Å². The highest BCUT2D eigenvalue weighted by atomic mass is 16.4. The van der Waals surface area contributed by atoms with Crippen LogP contribution in [0, 0.1) is 0 Å². The lowest BCUT2D eigenvalue weighted by molar-refractivity contribution is -0.136. The van der Waals surface area contributed by atoms with Gasteiger partial charge in [0.05, 0.1) is 12.5 Å². The summed E-state index contributed by atoms with van der Waals surface area (Å²) in [5, 5.41) is 8.60. The fourth-order valence-corrected chi connectivity index (χ4v) is 1.52. The molecule has 86 valence electrons. The minimum absolute atomic E-state index is 0.0149. The van der Waals surface area contributed by atoms with E-state index in [1.54, 1.807) is 12.4 Å². The Kier molecular flexibility index (Phi) is 3.09. The number of hydrazine groups is 2. The second kappa shape index (κ2) is 4.52. The Morgan fingerprint density at radius 1 is 1.44 bits per heavy atom. The summed E-state index contributed by atoms with van der Waals surface area (Å²) in [6.45, 7) is 1.99. The smallest absolute Gasteiger partial charge is 0.307 e. The van der Waals surface area contributed by atoms with Crippen LogP contribution < -0.4 is 16.4 Å². The van der Waals surface area contributed by atoms with Crippen molar-refractivity contribution in [3.8, 4) is 0 Å². The van der Waals surface area contributed by atoms with Crippen LogP contribution in [0.4, 0.5) is 0 Å². The van der Waals surface area contributed by atoms with E-state index < -0.39 is 5.97 Å². The van der Waals surface area contributed by atoms with Crippen LogP contribution in [0.15, 0.2) is 12.4 Å². The zero-order valence-corrected chi connectivity index (χ0v) is 8.77. The molecule has 1 aliphatic heterocycles. The van der Waals surface area contributed by atoms with E-state index in [-0.39, 0.29) is 18.5 Å².